The van der Waals surface area contributed by atoms with Gasteiger partial charge in [-0.25, -0.2) is 21.6 Å². The molecule has 8 aromatic rings. The van der Waals surface area contributed by atoms with E-state index in [1.807, 2.05) is 74.5 Å². The number of fused-ring (bicyclic) bond motifs is 4. The monoisotopic (exact) mass is 1270 g/mol. The van der Waals surface area contributed by atoms with Crippen molar-refractivity contribution in [3.8, 4) is 6.07 Å². The van der Waals surface area contributed by atoms with Crippen molar-refractivity contribution >= 4 is 133 Å². The molecule has 0 saturated carbocycles. The summed E-state index contributed by atoms with van der Waals surface area (Å²) in [6, 6.07) is 17.3. The quantitative estimate of drug-likeness (QED) is 0.0838. The fourth-order valence-corrected chi connectivity index (χ4v) is 15.1. The van der Waals surface area contributed by atoms with Crippen molar-refractivity contribution in [2.75, 3.05) is 105 Å². The Balaban J connectivity index is 0.000000138. The van der Waals surface area contributed by atoms with E-state index in [2.05, 4.69) is 99.3 Å². The third-order valence-electron chi connectivity index (χ3n) is 16.4. The second-order valence-electron chi connectivity index (χ2n) is 24.6. The molecule has 0 radical (unpaired) electrons. The smallest absolute Gasteiger partial charge is 0.241 e. The van der Waals surface area contributed by atoms with Gasteiger partial charge in [0.2, 0.25) is 31.9 Å². The first-order valence-electron chi connectivity index (χ1n) is 28.1. The molecule has 4 aromatic carbocycles. The van der Waals surface area contributed by atoms with Gasteiger partial charge in [0.15, 0.2) is 0 Å². The van der Waals surface area contributed by atoms with Gasteiger partial charge < -0.3 is 29.8 Å². The van der Waals surface area contributed by atoms with E-state index in [-0.39, 0.29) is 34.7 Å². The van der Waals surface area contributed by atoms with E-state index in [0.29, 0.717) is 46.8 Å². The number of halogens is 3. The Morgan fingerprint density at radius 1 is 0.593 bits per heavy atom. The number of H-pyrrole nitrogens is 4. The molecular weight excluding hydrogens is 1200 g/mol. The van der Waals surface area contributed by atoms with Crippen molar-refractivity contribution in [2.45, 2.75) is 78.9 Å². The van der Waals surface area contributed by atoms with Crippen molar-refractivity contribution in [2.24, 2.45) is 10.8 Å². The second kappa shape index (κ2) is 25.1. The number of rotatable bonds is 8. The number of benzene rings is 4. The van der Waals surface area contributed by atoms with E-state index in [1.165, 1.54) is 16.8 Å². The Hall–Kier alpha value is -6.92. The van der Waals surface area contributed by atoms with Gasteiger partial charge in [-0.2, -0.15) is 30.0 Å². The van der Waals surface area contributed by atoms with Crippen LogP contribution in [0.15, 0.2) is 73.3 Å². The number of amides is 2. The van der Waals surface area contributed by atoms with Crippen LogP contribution < -0.4 is 29.6 Å². The van der Waals surface area contributed by atoms with Crippen molar-refractivity contribution in [3.63, 3.8) is 0 Å². The predicted molar refractivity (Wildman–Crippen MR) is 342 cm³/mol. The summed E-state index contributed by atoms with van der Waals surface area (Å²) in [5.74, 6) is 0.157. The summed E-state index contributed by atoms with van der Waals surface area (Å²) in [5, 5.41) is 46.4. The van der Waals surface area contributed by atoms with Gasteiger partial charge in [-0.3, -0.25) is 30.0 Å². The first kappa shape index (κ1) is 63.6. The number of hydrogen-bond acceptors (Lipinski definition) is 15. The number of sulfonamides is 2. The summed E-state index contributed by atoms with van der Waals surface area (Å²) in [6.45, 7) is 20.7. The lowest BCUT2D eigenvalue weighted by molar-refractivity contribution is -0.129. The molecule has 8 heterocycles. The fourth-order valence-electron chi connectivity index (χ4n) is 12.2. The minimum absolute atomic E-state index is 0.0116. The number of carbonyl (C=O) groups is 2. The van der Waals surface area contributed by atoms with Crippen molar-refractivity contribution < 1.29 is 26.4 Å². The molecule has 0 spiro atoms. The first-order chi connectivity index (χ1) is 40.4. The minimum atomic E-state index is -3.25. The van der Waals surface area contributed by atoms with Crippen LogP contribution in [-0.2, 0) is 29.6 Å². The number of nitriles is 1. The van der Waals surface area contributed by atoms with Gasteiger partial charge >= 0.3 is 0 Å². The lowest BCUT2D eigenvalue weighted by atomic mass is 9.78. The average molecular weight is 1280 g/mol. The number of aromatic amines is 4. The number of hydrogen-bond donors (Lipinski definition) is 6. The molecule has 23 nitrogen and oxygen atoms in total. The summed E-state index contributed by atoms with van der Waals surface area (Å²) in [5.41, 5.74) is 7.39. The second-order valence-corrected chi connectivity index (χ2v) is 29.6. The van der Waals surface area contributed by atoms with E-state index in [0.717, 1.165) is 118 Å². The molecule has 4 saturated heterocycles. The van der Waals surface area contributed by atoms with E-state index in [1.54, 1.807) is 36.5 Å². The zero-order valence-electron chi connectivity index (χ0n) is 49.9. The first-order valence-corrected chi connectivity index (χ1v) is 33.0. The van der Waals surface area contributed by atoms with Crippen molar-refractivity contribution in [3.05, 3.63) is 93.9 Å². The summed E-state index contributed by atoms with van der Waals surface area (Å²) in [7, 11) is -4.64. The van der Waals surface area contributed by atoms with E-state index in [4.69, 9.17) is 34.8 Å². The molecule has 4 aromatic heterocycles. The van der Waals surface area contributed by atoms with Crippen LogP contribution in [0, 0.1) is 22.2 Å². The maximum atomic E-state index is 12.0. The van der Waals surface area contributed by atoms with Crippen molar-refractivity contribution in [1.82, 2.24) is 60.0 Å². The lowest BCUT2D eigenvalue weighted by Gasteiger charge is -2.46. The highest BCUT2D eigenvalue weighted by molar-refractivity contribution is 7.88. The van der Waals surface area contributed by atoms with Crippen LogP contribution in [-0.4, -0.2) is 181 Å². The molecule has 86 heavy (non-hydrogen) atoms. The van der Waals surface area contributed by atoms with Crippen LogP contribution in [0.5, 0.6) is 0 Å². The number of carbonyl (C=O) groups excluding carboxylic acids is 2. The zero-order valence-corrected chi connectivity index (χ0v) is 53.8. The summed E-state index contributed by atoms with van der Waals surface area (Å²) < 4.78 is 51.4. The summed E-state index contributed by atoms with van der Waals surface area (Å²) in [6.07, 6.45) is 11.3. The third-order valence-corrected chi connectivity index (χ3v) is 19.3. The zero-order chi connectivity index (χ0) is 62.3. The Morgan fingerprint density at radius 2 is 1.00 bits per heavy atom. The van der Waals surface area contributed by atoms with Crippen LogP contribution in [0.4, 0.5) is 22.7 Å². The fraction of sp³-hybridized carbons (Fsp3) is 0.466. The van der Waals surface area contributed by atoms with E-state index < -0.39 is 25.6 Å². The number of anilines is 4. The van der Waals surface area contributed by atoms with Gasteiger partial charge in [0.1, 0.15) is 0 Å². The third kappa shape index (κ3) is 14.6. The molecule has 4 aliphatic rings. The van der Waals surface area contributed by atoms with Crippen LogP contribution in [0.3, 0.4) is 0 Å². The molecule has 0 bridgehead atoms. The Bertz CT molecular complexity index is 4080. The standard InChI is InChI=1S/C16H21ClN4O.C15H21ClN4O2S.C15H19N5O2S.C12H13ClN4O/c1-10(22)19-15-4-5-21(9-16(15,2)3)14-7-11(17)6-13-12(14)8-18-20-13;1-15(2)9-20(5-4-14(15)19-23(3,21)22)13-7-10(16)6-12-11(13)8-17-18-12;1-15(2)10-19(4-5-20(15)23(3,21)22)14-7-11(8-16)6-13-12(14)9-17-18-13;1-16-2-3-17(7-12(16)18)11-5-8(13)4-10-9(11)6-14-15-10/h6-8,15H,4-5,9H2,1-3H3,(H,18,20)(H,19,22);6-8,14,19H,4-5,9H2,1-3H3,(H,17,18);6-7,9H,4-5,10H2,1-3H3,(H,17,18);4-6H,2-3,7H2,1H3,(H,14,15). The maximum Gasteiger partial charge on any atom is 0.241 e. The van der Waals surface area contributed by atoms with Gasteiger partial charge in [-0.1, -0.05) is 62.5 Å². The number of nitrogens with one attached hydrogen (secondary N) is 6. The molecule has 6 N–H and O–H groups in total. The lowest BCUT2D eigenvalue weighted by Crippen LogP contribution is -2.60. The maximum absolute atomic E-state index is 12.0. The molecule has 4 aliphatic heterocycles. The molecule has 460 valence electrons. The number of likely N-dealkylation sites (N-methyl/N-ethyl adjacent to an activating group) is 1. The predicted octanol–water partition coefficient (Wildman–Crippen LogP) is 8.12. The number of piperidine rings is 2. The topological polar surface area (TPSA) is 284 Å². The van der Waals surface area contributed by atoms with Crippen LogP contribution in [0.1, 0.15) is 66.9 Å². The Morgan fingerprint density at radius 3 is 1.40 bits per heavy atom. The normalized spacial score (nSPS) is 19.8. The highest BCUT2D eigenvalue weighted by atomic mass is 35.5. The largest absolute Gasteiger partial charge is 0.370 e. The molecule has 12 rings (SSSR count). The van der Waals surface area contributed by atoms with Crippen LogP contribution in [0.2, 0.25) is 15.1 Å². The average Bonchev–Trinajstić information content (AvgIpc) is 1.66. The minimum Gasteiger partial charge on any atom is -0.370 e. The summed E-state index contributed by atoms with van der Waals surface area (Å²) in [4.78, 5) is 33.7. The summed E-state index contributed by atoms with van der Waals surface area (Å²) >= 11 is 18.6. The van der Waals surface area contributed by atoms with Crippen LogP contribution >= 0.6 is 34.8 Å². The highest BCUT2D eigenvalue weighted by Crippen LogP contribution is 2.40. The van der Waals surface area contributed by atoms with Crippen molar-refractivity contribution in [1.29, 1.82) is 5.26 Å². The number of nitrogens with zero attached hydrogens (tertiary/aromatic N) is 11. The Labute approximate surface area is 516 Å². The Kier molecular flexibility index (Phi) is 18.5. The van der Waals surface area contributed by atoms with Gasteiger partial charge in [-0.05, 0) is 80.6 Å². The van der Waals surface area contributed by atoms with Gasteiger partial charge in [0.25, 0.3) is 0 Å². The van der Waals surface area contributed by atoms with E-state index >= 15 is 0 Å². The van der Waals surface area contributed by atoms with Crippen LogP contribution in [0.25, 0.3) is 43.6 Å². The SMILES string of the molecule is CC(=O)NC1CCN(c2cc(Cl)cc3[nH]ncc23)CC1(C)C.CC1(C)CN(c2cc(C#N)cc3[nH]ncc23)CCN1S(C)(=O)=O.CC1(C)CN(c2cc(Cl)cc3[nH]ncc23)CCC1NS(C)(=O)=O.CN1CCN(c2cc(Cl)cc3[nH]ncc23)CC1=O. The van der Waals surface area contributed by atoms with Gasteiger partial charge in [0, 0.05) is 155 Å². The molecule has 28 heteroatoms. The van der Waals surface area contributed by atoms with Gasteiger partial charge in [-0.15, -0.1) is 0 Å². The highest BCUT2D eigenvalue weighted by Gasteiger charge is 2.41. The molecular formula is C58H74Cl3N17O6S2. The molecule has 0 aliphatic carbocycles. The van der Waals surface area contributed by atoms with E-state index in [9.17, 15) is 31.7 Å². The molecule has 2 atom stereocenters. The molecule has 2 unspecified atom stereocenters. The number of aromatic nitrogens is 8. The molecule has 4 fully saturated rings. The number of piperazine rings is 2. The van der Waals surface area contributed by atoms with Gasteiger partial charge in [0.05, 0.1) is 77.5 Å². The molecule has 2 amide bonds.